The quantitative estimate of drug-likeness (QED) is 0.798. The van der Waals surface area contributed by atoms with E-state index in [2.05, 4.69) is 46.8 Å². The number of aliphatic hydroxyl groups is 1. The fourth-order valence-corrected chi connectivity index (χ4v) is 5.61. The van der Waals surface area contributed by atoms with Gasteiger partial charge < -0.3 is 9.84 Å². The van der Waals surface area contributed by atoms with Crippen LogP contribution in [0.2, 0.25) is 0 Å². The molecule has 0 radical (unpaired) electrons. The molecule has 2 nitrogen and oxygen atoms in total. The van der Waals surface area contributed by atoms with E-state index in [4.69, 9.17) is 4.74 Å². The summed E-state index contributed by atoms with van der Waals surface area (Å²) in [5.74, 6) is 1.82. The first kappa shape index (κ1) is 16.8. The third-order valence-electron chi connectivity index (χ3n) is 6.68. The van der Waals surface area contributed by atoms with E-state index in [0.29, 0.717) is 17.3 Å². The molecule has 0 aliphatic heterocycles. The summed E-state index contributed by atoms with van der Waals surface area (Å²) in [4.78, 5) is 0. The molecule has 3 atom stereocenters. The Morgan fingerprint density at radius 1 is 1.17 bits per heavy atom. The second-order valence-corrected chi connectivity index (χ2v) is 8.86. The first-order chi connectivity index (χ1) is 10.7. The number of benzene rings is 1. The molecule has 3 rings (SSSR count). The van der Waals surface area contributed by atoms with Crippen LogP contribution in [0.25, 0.3) is 0 Å². The predicted molar refractivity (Wildman–Crippen MR) is 95.1 cm³/mol. The third kappa shape index (κ3) is 2.41. The standard InChI is InChI=1S/C21H32O2/c1-13(2)18-16(23-6)9-8-14-19(18)15(22)12-17-20(3,4)10-7-11-21(14,17)5/h8-9,13,15,17,22H,7,10-12H2,1-6H3/t15-,17-,21+/m0/s1. The van der Waals surface area contributed by atoms with E-state index in [1.165, 1.54) is 30.4 Å². The van der Waals surface area contributed by atoms with Gasteiger partial charge in [-0.1, -0.05) is 47.1 Å². The molecule has 1 aromatic rings. The Labute approximate surface area is 141 Å². The highest BCUT2D eigenvalue weighted by Crippen LogP contribution is 2.60. The van der Waals surface area contributed by atoms with Gasteiger partial charge in [0.25, 0.3) is 0 Å². The summed E-state index contributed by atoms with van der Waals surface area (Å²) in [5, 5.41) is 11.0. The van der Waals surface area contributed by atoms with Crippen molar-refractivity contribution in [3.8, 4) is 5.75 Å². The van der Waals surface area contributed by atoms with Crippen molar-refractivity contribution in [1.82, 2.24) is 0 Å². The van der Waals surface area contributed by atoms with E-state index in [-0.39, 0.29) is 11.5 Å². The van der Waals surface area contributed by atoms with E-state index in [0.717, 1.165) is 17.7 Å². The lowest BCUT2D eigenvalue weighted by Crippen LogP contribution is -2.49. The highest BCUT2D eigenvalue weighted by molar-refractivity contribution is 5.52. The van der Waals surface area contributed by atoms with E-state index in [9.17, 15) is 5.11 Å². The molecule has 0 aromatic heterocycles. The molecule has 0 saturated heterocycles. The summed E-state index contributed by atoms with van der Waals surface area (Å²) in [7, 11) is 1.73. The van der Waals surface area contributed by atoms with Gasteiger partial charge in [-0.25, -0.2) is 0 Å². The largest absolute Gasteiger partial charge is 0.496 e. The first-order valence-corrected chi connectivity index (χ1v) is 9.11. The predicted octanol–water partition coefficient (Wildman–Crippen LogP) is 5.34. The lowest BCUT2D eigenvalue weighted by molar-refractivity contribution is -0.00733. The number of rotatable bonds is 2. The summed E-state index contributed by atoms with van der Waals surface area (Å²) in [6, 6.07) is 4.35. The molecule has 1 fully saturated rings. The zero-order chi connectivity index (χ0) is 17.0. The summed E-state index contributed by atoms with van der Waals surface area (Å²) in [5.41, 5.74) is 4.21. The Morgan fingerprint density at radius 2 is 1.87 bits per heavy atom. The van der Waals surface area contributed by atoms with Crippen LogP contribution in [0, 0.1) is 11.3 Å². The van der Waals surface area contributed by atoms with Crippen LogP contribution in [0.15, 0.2) is 12.1 Å². The van der Waals surface area contributed by atoms with E-state index in [1.54, 1.807) is 7.11 Å². The Bertz CT molecular complexity index is 602. The smallest absolute Gasteiger partial charge is 0.122 e. The molecule has 0 heterocycles. The molecule has 2 heteroatoms. The van der Waals surface area contributed by atoms with Crippen molar-refractivity contribution in [1.29, 1.82) is 0 Å². The minimum Gasteiger partial charge on any atom is -0.496 e. The second kappa shape index (κ2) is 5.51. The van der Waals surface area contributed by atoms with Crippen LogP contribution in [-0.2, 0) is 5.41 Å². The number of hydrogen-bond donors (Lipinski definition) is 1. The van der Waals surface area contributed by atoms with Crippen molar-refractivity contribution in [3.63, 3.8) is 0 Å². The zero-order valence-corrected chi connectivity index (χ0v) is 15.6. The maximum Gasteiger partial charge on any atom is 0.122 e. The van der Waals surface area contributed by atoms with Crippen LogP contribution in [0.4, 0.5) is 0 Å². The molecule has 0 spiro atoms. The molecule has 23 heavy (non-hydrogen) atoms. The number of methoxy groups -OCH3 is 1. The Morgan fingerprint density at radius 3 is 2.48 bits per heavy atom. The first-order valence-electron chi connectivity index (χ1n) is 9.11. The Balaban J connectivity index is 2.24. The number of aliphatic hydroxyl groups excluding tert-OH is 1. The third-order valence-corrected chi connectivity index (χ3v) is 6.68. The lowest BCUT2D eigenvalue weighted by atomic mass is 9.49. The molecule has 1 aromatic carbocycles. The fraction of sp³-hybridized carbons (Fsp3) is 0.714. The van der Waals surface area contributed by atoms with E-state index in [1.807, 2.05) is 0 Å². The van der Waals surface area contributed by atoms with Crippen molar-refractivity contribution in [2.75, 3.05) is 7.11 Å². The van der Waals surface area contributed by atoms with Crippen LogP contribution in [0.1, 0.15) is 89.0 Å². The fourth-order valence-electron chi connectivity index (χ4n) is 5.61. The number of hydrogen-bond acceptors (Lipinski definition) is 2. The molecule has 2 aliphatic rings. The van der Waals surface area contributed by atoms with Gasteiger partial charge in [-0.15, -0.1) is 0 Å². The normalized spacial score (nSPS) is 32.3. The maximum atomic E-state index is 11.0. The van der Waals surface area contributed by atoms with Gasteiger partial charge in [-0.2, -0.15) is 0 Å². The summed E-state index contributed by atoms with van der Waals surface area (Å²) in [6.07, 6.45) is 4.28. The molecule has 1 saturated carbocycles. The van der Waals surface area contributed by atoms with Gasteiger partial charge in [0, 0.05) is 5.56 Å². The van der Waals surface area contributed by atoms with Crippen molar-refractivity contribution in [2.45, 2.75) is 77.7 Å². The average molecular weight is 316 g/mol. The zero-order valence-electron chi connectivity index (χ0n) is 15.6. The van der Waals surface area contributed by atoms with Crippen molar-refractivity contribution >= 4 is 0 Å². The molecule has 0 unspecified atom stereocenters. The highest BCUT2D eigenvalue weighted by atomic mass is 16.5. The minimum atomic E-state index is -0.368. The van der Waals surface area contributed by atoms with Crippen LogP contribution in [0.5, 0.6) is 5.75 Å². The topological polar surface area (TPSA) is 29.5 Å². The lowest BCUT2D eigenvalue weighted by Gasteiger charge is -2.55. The number of ether oxygens (including phenoxy) is 1. The maximum absolute atomic E-state index is 11.0. The summed E-state index contributed by atoms with van der Waals surface area (Å²) >= 11 is 0. The van der Waals surface area contributed by atoms with Gasteiger partial charge in [-0.3, -0.25) is 0 Å². The van der Waals surface area contributed by atoms with Gasteiger partial charge in [-0.05, 0) is 59.1 Å². The highest BCUT2D eigenvalue weighted by Gasteiger charge is 2.52. The molecular weight excluding hydrogens is 284 g/mol. The monoisotopic (exact) mass is 316 g/mol. The van der Waals surface area contributed by atoms with Crippen molar-refractivity contribution < 1.29 is 9.84 Å². The van der Waals surface area contributed by atoms with Crippen LogP contribution >= 0.6 is 0 Å². The van der Waals surface area contributed by atoms with Crippen molar-refractivity contribution in [2.24, 2.45) is 11.3 Å². The SMILES string of the molecule is COc1ccc2c(c1C(C)C)[C@@H](O)C[C@H]1C(C)(C)CCC[C@]21C. The van der Waals surface area contributed by atoms with E-state index < -0.39 is 0 Å². The van der Waals surface area contributed by atoms with Crippen LogP contribution in [-0.4, -0.2) is 12.2 Å². The Kier molecular flexibility index (Phi) is 4.03. The van der Waals surface area contributed by atoms with Gasteiger partial charge in [0.2, 0.25) is 0 Å². The minimum absolute atomic E-state index is 0.173. The van der Waals surface area contributed by atoms with Crippen molar-refractivity contribution in [3.05, 3.63) is 28.8 Å². The van der Waals surface area contributed by atoms with Gasteiger partial charge in [0.15, 0.2) is 0 Å². The molecule has 0 amide bonds. The summed E-state index contributed by atoms with van der Waals surface area (Å²) in [6.45, 7) is 11.6. The average Bonchev–Trinajstić information content (AvgIpc) is 2.48. The van der Waals surface area contributed by atoms with Crippen LogP contribution in [0.3, 0.4) is 0 Å². The number of fused-ring (bicyclic) bond motifs is 3. The molecule has 128 valence electrons. The molecule has 2 aliphatic carbocycles. The Hall–Kier alpha value is -1.02. The molecule has 1 N–H and O–H groups in total. The van der Waals surface area contributed by atoms with Gasteiger partial charge in [0.1, 0.15) is 5.75 Å². The molecular formula is C21H32O2. The second-order valence-electron chi connectivity index (χ2n) is 8.86. The van der Waals surface area contributed by atoms with Gasteiger partial charge in [0.05, 0.1) is 13.2 Å². The van der Waals surface area contributed by atoms with Crippen LogP contribution < -0.4 is 4.74 Å². The molecule has 0 bridgehead atoms. The summed E-state index contributed by atoms with van der Waals surface area (Å²) < 4.78 is 5.62. The van der Waals surface area contributed by atoms with Gasteiger partial charge >= 0.3 is 0 Å². The van der Waals surface area contributed by atoms with E-state index >= 15 is 0 Å².